The van der Waals surface area contributed by atoms with E-state index in [1.807, 2.05) is 39.8 Å². The van der Waals surface area contributed by atoms with Gasteiger partial charge in [-0.2, -0.15) is 0 Å². The fraction of sp³-hybridized carbons (Fsp3) is 0.522. The molecule has 0 rings (SSSR count). The summed E-state index contributed by atoms with van der Waals surface area (Å²) in [5.41, 5.74) is 4.72. The highest BCUT2D eigenvalue weighted by molar-refractivity contribution is 5.89. The van der Waals surface area contributed by atoms with Crippen molar-refractivity contribution in [2.45, 2.75) is 80.2 Å². The molecule has 0 aromatic carbocycles. The minimum atomic E-state index is -0.209. The molecule has 0 aromatic heterocycles. The third-order valence-electron chi connectivity index (χ3n) is 3.75. The van der Waals surface area contributed by atoms with Gasteiger partial charge >= 0.3 is 0 Å². The lowest BCUT2D eigenvalue weighted by Crippen LogP contribution is -2.39. The zero-order chi connectivity index (χ0) is 19.5. The number of amides is 1. The molecule has 0 aliphatic carbocycles. The second-order valence-corrected chi connectivity index (χ2v) is 7.80. The Hall–Kier alpha value is -1.83. The van der Waals surface area contributed by atoms with Gasteiger partial charge in [0, 0.05) is 11.6 Å². The number of nitrogens with one attached hydrogen (secondary N) is 1. The Morgan fingerprint density at radius 1 is 0.960 bits per heavy atom. The maximum absolute atomic E-state index is 11.8. The minimum absolute atomic E-state index is 0.0569. The molecule has 0 heterocycles. The lowest BCUT2D eigenvalue weighted by Gasteiger charge is -2.19. The second-order valence-electron chi connectivity index (χ2n) is 7.80. The van der Waals surface area contributed by atoms with Crippen molar-refractivity contribution in [1.29, 1.82) is 0 Å². The van der Waals surface area contributed by atoms with E-state index in [-0.39, 0.29) is 11.4 Å². The van der Waals surface area contributed by atoms with Crippen LogP contribution in [-0.2, 0) is 4.79 Å². The summed E-state index contributed by atoms with van der Waals surface area (Å²) in [6.07, 6.45) is 15.6. The molecule has 0 bridgehead atoms. The zero-order valence-electron chi connectivity index (χ0n) is 17.5. The van der Waals surface area contributed by atoms with Crippen molar-refractivity contribution in [3.05, 3.63) is 58.7 Å². The summed E-state index contributed by atoms with van der Waals surface area (Å²) >= 11 is 0. The van der Waals surface area contributed by atoms with Gasteiger partial charge in [-0.3, -0.25) is 4.79 Å². The molecule has 1 amide bonds. The molecule has 0 aliphatic heterocycles. The van der Waals surface area contributed by atoms with Gasteiger partial charge in [-0.25, -0.2) is 0 Å². The van der Waals surface area contributed by atoms with Gasteiger partial charge in [-0.15, -0.1) is 0 Å². The van der Waals surface area contributed by atoms with E-state index < -0.39 is 0 Å². The van der Waals surface area contributed by atoms with Crippen LogP contribution in [0.1, 0.15) is 74.7 Å². The van der Waals surface area contributed by atoms with E-state index in [1.165, 1.54) is 36.0 Å². The van der Waals surface area contributed by atoms with Gasteiger partial charge in [-0.1, -0.05) is 60.4 Å². The first-order valence-electron chi connectivity index (χ1n) is 9.25. The molecule has 0 saturated carbocycles. The molecule has 0 unspecified atom stereocenters. The third kappa shape index (κ3) is 13.2. The first-order valence-corrected chi connectivity index (χ1v) is 9.25. The molecule has 0 saturated heterocycles. The first kappa shape index (κ1) is 23.2. The highest BCUT2D eigenvalue weighted by Crippen LogP contribution is 2.13. The van der Waals surface area contributed by atoms with Crippen molar-refractivity contribution in [2.24, 2.45) is 0 Å². The van der Waals surface area contributed by atoms with Gasteiger partial charge < -0.3 is 5.32 Å². The average Bonchev–Trinajstić information content (AvgIpc) is 2.47. The topological polar surface area (TPSA) is 29.1 Å². The second kappa shape index (κ2) is 11.7. The lowest BCUT2D eigenvalue weighted by atomic mass is 10.0. The SMILES string of the molecule is CCCC/C(C)=C(C)/C=C/C(C)=C/C=C/C(C)=C/C(=O)NC(C)(C)C. The van der Waals surface area contributed by atoms with Gasteiger partial charge in [0.05, 0.1) is 0 Å². The highest BCUT2D eigenvalue weighted by Gasteiger charge is 2.11. The molecule has 140 valence electrons. The third-order valence-corrected chi connectivity index (χ3v) is 3.75. The van der Waals surface area contributed by atoms with Crippen LogP contribution in [0, 0.1) is 0 Å². The van der Waals surface area contributed by atoms with Crippen molar-refractivity contribution in [2.75, 3.05) is 0 Å². The van der Waals surface area contributed by atoms with Crippen molar-refractivity contribution >= 4 is 5.91 Å². The van der Waals surface area contributed by atoms with Gasteiger partial charge in [0.15, 0.2) is 0 Å². The van der Waals surface area contributed by atoms with Crippen LogP contribution in [0.5, 0.6) is 0 Å². The Kier molecular flexibility index (Phi) is 10.8. The van der Waals surface area contributed by atoms with Crippen molar-refractivity contribution in [1.82, 2.24) is 5.32 Å². The predicted molar refractivity (Wildman–Crippen MR) is 112 cm³/mol. The average molecular weight is 344 g/mol. The Morgan fingerprint density at radius 3 is 2.16 bits per heavy atom. The fourth-order valence-electron chi connectivity index (χ4n) is 2.11. The molecule has 0 aromatic rings. The maximum atomic E-state index is 11.8. The molecule has 1 N–H and O–H groups in total. The molecule has 2 heteroatoms. The van der Waals surface area contributed by atoms with E-state index in [9.17, 15) is 4.79 Å². The highest BCUT2D eigenvalue weighted by atomic mass is 16.1. The molecule has 0 fully saturated rings. The van der Waals surface area contributed by atoms with Crippen LogP contribution in [0.15, 0.2) is 58.7 Å². The number of unbranched alkanes of at least 4 members (excludes halogenated alkanes) is 1. The van der Waals surface area contributed by atoms with E-state index in [0.717, 1.165) is 5.57 Å². The summed E-state index contributed by atoms with van der Waals surface area (Å²) < 4.78 is 0. The largest absolute Gasteiger partial charge is 0.348 e. The van der Waals surface area contributed by atoms with E-state index in [2.05, 4.69) is 51.2 Å². The van der Waals surface area contributed by atoms with E-state index in [1.54, 1.807) is 6.08 Å². The Labute approximate surface area is 155 Å². The van der Waals surface area contributed by atoms with Crippen LogP contribution >= 0.6 is 0 Å². The van der Waals surface area contributed by atoms with Crippen LogP contribution in [0.2, 0.25) is 0 Å². The number of allylic oxidation sites excluding steroid dienone is 9. The molecule has 25 heavy (non-hydrogen) atoms. The molecular weight excluding hydrogens is 306 g/mol. The Morgan fingerprint density at radius 2 is 1.60 bits per heavy atom. The Balaban J connectivity index is 4.72. The Bertz CT molecular complexity index is 578. The summed E-state index contributed by atoms with van der Waals surface area (Å²) in [5.74, 6) is -0.0569. The van der Waals surface area contributed by atoms with Gasteiger partial charge in [-0.05, 0) is 66.9 Å². The molecular formula is C23H37NO. The maximum Gasteiger partial charge on any atom is 0.244 e. The molecule has 0 radical (unpaired) electrons. The summed E-state index contributed by atoms with van der Waals surface area (Å²) in [5, 5.41) is 2.93. The van der Waals surface area contributed by atoms with E-state index in [0.29, 0.717) is 0 Å². The monoisotopic (exact) mass is 343 g/mol. The van der Waals surface area contributed by atoms with Gasteiger partial charge in [0.25, 0.3) is 0 Å². The number of carbonyl (C=O) groups excluding carboxylic acids is 1. The van der Waals surface area contributed by atoms with Crippen LogP contribution in [0.25, 0.3) is 0 Å². The summed E-state index contributed by atoms with van der Waals surface area (Å²) in [4.78, 5) is 11.8. The zero-order valence-corrected chi connectivity index (χ0v) is 17.5. The summed E-state index contributed by atoms with van der Waals surface area (Å²) in [6.45, 7) is 16.5. The standard InChI is InChI=1S/C23H37NO/c1-9-10-14-20(4)21(5)16-15-18(2)12-11-13-19(3)17-22(25)24-23(6,7)8/h11-13,15-17H,9-10,14H2,1-8H3,(H,24,25)/b13-11+,16-15+,18-12+,19-17+,21-20+. The first-order chi connectivity index (χ1) is 11.5. The van der Waals surface area contributed by atoms with Crippen LogP contribution < -0.4 is 5.32 Å². The van der Waals surface area contributed by atoms with E-state index in [4.69, 9.17) is 0 Å². The number of hydrogen-bond acceptors (Lipinski definition) is 1. The molecule has 0 aliphatic rings. The quantitative estimate of drug-likeness (QED) is 0.399. The van der Waals surface area contributed by atoms with Crippen molar-refractivity contribution in [3.8, 4) is 0 Å². The van der Waals surface area contributed by atoms with Gasteiger partial charge in [0.1, 0.15) is 0 Å². The summed E-state index contributed by atoms with van der Waals surface area (Å²) in [7, 11) is 0. The van der Waals surface area contributed by atoms with E-state index >= 15 is 0 Å². The lowest BCUT2D eigenvalue weighted by molar-refractivity contribution is -0.117. The number of hydrogen-bond donors (Lipinski definition) is 1. The smallest absolute Gasteiger partial charge is 0.244 e. The predicted octanol–water partition coefficient (Wildman–Crippen LogP) is 6.43. The summed E-state index contributed by atoms with van der Waals surface area (Å²) in [6, 6.07) is 0. The fourth-order valence-corrected chi connectivity index (χ4v) is 2.11. The molecule has 2 nitrogen and oxygen atoms in total. The minimum Gasteiger partial charge on any atom is -0.348 e. The number of rotatable bonds is 8. The van der Waals surface area contributed by atoms with Crippen LogP contribution in [-0.4, -0.2) is 11.4 Å². The van der Waals surface area contributed by atoms with Crippen molar-refractivity contribution in [3.63, 3.8) is 0 Å². The van der Waals surface area contributed by atoms with Gasteiger partial charge in [0.2, 0.25) is 5.91 Å². The van der Waals surface area contributed by atoms with Crippen molar-refractivity contribution < 1.29 is 4.79 Å². The normalized spacial score (nSPS) is 15.0. The van der Waals surface area contributed by atoms with Crippen LogP contribution in [0.3, 0.4) is 0 Å². The molecule has 0 spiro atoms. The number of carbonyl (C=O) groups is 1. The molecule has 0 atom stereocenters. The van der Waals surface area contributed by atoms with Crippen LogP contribution in [0.4, 0.5) is 0 Å².